The Morgan fingerprint density at radius 2 is 1.77 bits per heavy atom. The fourth-order valence-corrected chi connectivity index (χ4v) is 4.15. The van der Waals surface area contributed by atoms with Crippen molar-refractivity contribution in [2.75, 3.05) is 42.9 Å². The van der Waals surface area contributed by atoms with E-state index in [1.54, 1.807) is 0 Å². The summed E-state index contributed by atoms with van der Waals surface area (Å²) >= 11 is 0. The Kier molecular flexibility index (Phi) is 6.81. The number of carbonyl (C=O) groups excluding carboxylic acids is 1. The molecule has 2 saturated heterocycles. The third-order valence-electron chi connectivity index (χ3n) is 5.73. The van der Waals surface area contributed by atoms with E-state index in [0.717, 1.165) is 32.5 Å². The van der Waals surface area contributed by atoms with Crippen LogP contribution in [0.4, 0.5) is 11.4 Å². The topological polar surface area (TPSA) is 35.6 Å². The van der Waals surface area contributed by atoms with Crippen LogP contribution >= 0.6 is 0 Å². The number of nitrogens with one attached hydrogen (secondary N) is 1. The molecular formula is C22H35N3O. The average Bonchev–Trinajstić information content (AvgIpc) is 2.67. The molecule has 3 rings (SSSR count). The van der Waals surface area contributed by atoms with Crippen molar-refractivity contribution in [3.05, 3.63) is 24.3 Å². The first-order valence-electron chi connectivity index (χ1n) is 10.5. The van der Waals surface area contributed by atoms with Crippen LogP contribution in [0, 0.1) is 11.8 Å². The van der Waals surface area contributed by atoms with Gasteiger partial charge in [-0.15, -0.1) is 0 Å². The lowest BCUT2D eigenvalue weighted by atomic mass is 9.96. The molecule has 1 amide bonds. The lowest BCUT2D eigenvalue weighted by Crippen LogP contribution is -2.40. The highest BCUT2D eigenvalue weighted by Gasteiger charge is 2.23. The predicted molar refractivity (Wildman–Crippen MR) is 110 cm³/mol. The van der Waals surface area contributed by atoms with Crippen molar-refractivity contribution >= 4 is 17.3 Å². The largest absolute Gasteiger partial charge is 0.383 e. The molecule has 2 fully saturated rings. The van der Waals surface area contributed by atoms with Gasteiger partial charge in [0.05, 0.1) is 11.4 Å². The third kappa shape index (κ3) is 5.15. The first-order chi connectivity index (χ1) is 12.6. The molecule has 0 aromatic heterocycles. The Morgan fingerprint density at radius 1 is 1.08 bits per heavy atom. The Morgan fingerprint density at radius 3 is 2.46 bits per heavy atom. The van der Waals surface area contributed by atoms with E-state index in [9.17, 15) is 4.79 Å². The molecule has 2 heterocycles. The van der Waals surface area contributed by atoms with Crippen molar-refractivity contribution in [1.29, 1.82) is 0 Å². The predicted octanol–water partition coefficient (Wildman–Crippen LogP) is 4.37. The summed E-state index contributed by atoms with van der Waals surface area (Å²) in [5.74, 6) is 1.45. The molecule has 0 spiro atoms. The molecule has 0 unspecified atom stereocenters. The van der Waals surface area contributed by atoms with E-state index in [2.05, 4.69) is 53.2 Å². The molecule has 0 aliphatic carbocycles. The van der Waals surface area contributed by atoms with Gasteiger partial charge in [0.1, 0.15) is 0 Å². The van der Waals surface area contributed by atoms with Gasteiger partial charge in [0.2, 0.25) is 5.91 Å². The average molecular weight is 358 g/mol. The molecule has 1 N–H and O–H groups in total. The summed E-state index contributed by atoms with van der Waals surface area (Å²) in [5, 5.41) is 3.71. The minimum Gasteiger partial charge on any atom is -0.383 e. The van der Waals surface area contributed by atoms with Crippen LogP contribution in [0.25, 0.3) is 0 Å². The molecule has 0 atom stereocenters. The Balaban J connectivity index is 1.49. The number of rotatable bonds is 6. The van der Waals surface area contributed by atoms with Crippen LogP contribution in [-0.4, -0.2) is 43.5 Å². The summed E-state index contributed by atoms with van der Waals surface area (Å²) in [6, 6.07) is 8.74. The first-order valence-corrected chi connectivity index (χ1v) is 10.5. The SMILES string of the molecule is CC(C)CC(=O)N1CCC(CNc2ccccc2N2CCCCC2)CC1. The van der Waals surface area contributed by atoms with Gasteiger partial charge in [-0.05, 0) is 56.1 Å². The molecule has 4 nitrogen and oxygen atoms in total. The van der Waals surface area contributed by atoms with Gasteiger partial charge in [-0.25, -0.2) is 0 Å². The minimum atomic E-state index is 0.335. The van der Waals surface area contributed by atoms with Crippen molar-refractivity contribution in [2.45, 2.75) is 52.4 Å². The number of anilines is 2. The zero-order chi connectivity index (χ0) is 18.4. The molecule has 144 valence electrons. The van der Waals surface area contributed by atoms with E-state index >= 15 is 0 Å². The van der Waals surface area contributed by atoms with Crippen molar-refractivity contribution in [1.82, 2.24) is 4.90 Å². The van der Waals surface area contributed by atoms with Crippen molar-refractivity contribution in [2.24, 2.45) is 11.8 Å². The van der Waals surface area contributed by atoms with E-state index in [4.69, 9.17) is 0 Å². The highest BCUT2D eigenvalue weighted by molar-refractivity contribution is 5.76. The molecule has 1 aromatic carbocycles. The molecule has 4 heteroatoms. The standard InChI is InChI=1S/C22H35N3O/c1-18(2)16-22(26)25-14-10-19(11-15-25)17-23-20-8-4-5-9-21(20)24-12-6-3-7-13-24/h4-5,8-9,18-19,23H,3,6-7,10-17H2,1-2H3. The van der Waals surface area contributed by atoms with E-state index in [1.165, 1.54) is 43.7 Å². The van der Waals surface area contributed by atoms with Gasteiger partial charge in [-0.1, -0.05) is 26.0 Å². The number of piperidine rings is 2. The second kappa shape index (κ2) is 9.29. The number of hydrogen-bond acceptors (Lipinski definition) is 3. The summed E-state index contributed by atoms with van der Waals surface area (Å²) in [5.41, 5.74) is 2.63. The molecule has 2 aliphatic rings. The maximum atomic E-state index is 12.2. The number of carbonyl (C=O) groups is 1. The molecule has 26 heavy (non-hydrogen) atoms. The maximum Gasteiger partial charge on any atom is 0.222 e. The van der Waals surface area contributed by atoms with Gasteiger partial charge < -0.3 is 15.1 Å². The molecular weight excluding hydrogens is 322 g/mol. The van der Waals surface area contributed by atoms with Gasteiger partial charge in [-0.2, -0.15) is 0 Å². The summed E-state index contributed by atoms with van der Waals surface area (Å²) in [4.78, 5) is 16.8. The second-order valence-corrected chi connectivity index (χ2v) is 8.37. The number of hydrogen-bond donors (Lipinski definition) is 1. The third-order valence-corrected chi connectivity index (χ3v) is 5.73. The van der Waals surface area contributed by atoms with Gasteiger partial charge in [-0.3, -0.25) is 4.79 Å². The number of likely N-dealkylation sites (tertiary alicyclic amines) is 1. The lowest BCUT2D eigenvalue weighted by Gasteiger charge is -2.34. The highest BCUT2D eigenvalue weighted by Crippen LogP contribution is 2.29. The number of amides is 1. The minimum absolute atomic E-state index is 0.335. The summed E-state index contributed by atoms with van der Waals surface area (Å²) < 4.78 is 0. The van der Waals surface area contributed by atoms with Crippen LogP contribution in [0.3, 0.4) is 0 Å². The van der Waals surface area contributed by atoms with Crippen LogP contribution < -0.4 is 10.2 Å². The quantitative estimate of drug-likeness (QED) is 0.821. The van der Waals surface area contributed by atoms with Crippen LogP contribution in [0.15, 0.2) is 24.3 Å². The number of benzene rings is 1. The number of nitrogens with zero attached hydrogens (tertiary/aromatic N) is 2. The summed E-state index contributed by atoms with van der Waals surface area (Å²) in [7, 11) is 0. The van der Waals surface area contributed by atoms with Gasteiger partial charge in [0.25, 0.3) is 0 Å². The van der Waals surface area contributed by atoms with E-state index in [-0.39, 0.29) is 0 Å². The van der Waals surface area contributed by atoms with Crippen LogP contribution in [-0.2, 0) is 4.79 Å². The maximum absolute atomic E-state index is 12.2. The highest BCUT2D eigenvalue weighted by atomic mass is 16.2. The molecule has 0 saturated carbocycles. The van der Waals surface area contributed by atoms with Gasteiger partial charge >= 0.3 is 0 Å². The fraction of sp³-hybridized carbons (Fsp3) is 0.682. The Bertz CT molecular complexity index is 573. The Labute approximate surface area is 158 Å². The van der Waals surface area contributed by atoms with E-state index < -0.39 is 0 Å². The second-order valence-electron chi connectivity index (χ2n) is 8.37. The van der Waals surface area contributed by atoms with E-state index in [0.29, 0.717) is 24.2 Å². The summed E-state index contributed by atoms with van der Waals surface area (Å²) in [6.45, 7) is 9.45. The number of para-hydroxylation sites is 2. The normalized spacial score (nSPS) is 19.0. The lowest BCUT2D eigenvalue weighted by molar-refractivity contribution is -0.133. The van der Waals surface area contributed by atoms with Crippen LogP contribution in [0.1, 0.15) is 52.4 Å². The molecule has 0 radical (unpaired) electrons. The summed E-state index contributed by atoms with van der Waals surface area (Å²) in [6.07, 6.45) is 6.88. The first kappa shape index (κ1) is 19.1. The zero-order valence-corrected chi connectivity index (χ0v) is 16.5. The van der Waals surface area contributed by atoms with Crippen LogP contribution in [0.2, 0.25) is 0 Å². The fourth-order valence-electron chi connectivity index (χ4n) is 4.15. The van der Waals surface area contributed by atoms with Crippen molar-refractivity contribution < 1.29 is 4.79 Å². The smallest absolute Gasteiger partial charge is 0.222 e. The molecule has 0 bridgehead atoms. The van der Waals surface area contributed by atoms with Crippen LogP contribution in [0.5, 0.6) is 0 Å². The van der Waals surface area contributed by atoms with E-state index in [1.807, 2.05) is 0 Å². The Hall–Kier alpha value is -1.71. The van der Waals surface area contributed by atoms with Gasteiger partial charge in [0.15, 0.2) is 0 Å². The van der Waals surface area contributed by atoms with Crippen molar-refractivity contribution in [3.63, 3.8) is 0 Å². The van der Waals surface area contributed by atoms with Crippen molar-refractivity contribution in [3.8, 4) is 0 Å². The molecule has 1 aromatic rings. The zero-order valence-electron chi connectivity index (χ0n) is 16.5. The molecule has 2 aliphatic heterocycles. The van der Waals surface area contributed by atoms with Gasteiger partial charge in [0, 0.05) is 39.1 Å². The monoisotopic (exact) mass is 357 g/mol.